The van der Waals surface area contributed by atoms with E-state index < -0.39 is 20.7 Å². The van der Waals surface area contributed by atoms with Crippen LogP contribution < -0.4 is 5.73 Å². The maximum atomic E-state index is 12.8. The highest BCUT2D eigenvalue weighted by Gasteiger charge is 2.45. The molecule has 0 aliphatic carbocycles. The highest BCUT2D eigenvalue weighted by molar-refractivity contribution is 7.92. The minimum Gasteiger partial charge on any atom is -0.399 e. The van der Waals surface area contributed by atoms with E-state index in [1.165, 1.54) is 12.1 Å². The van der Waals surface area contributed by atoms with Crippen LogP contribution in [0.25, 0.3) is 0 Å². The standard InChI is InChI=1S/C14H18ClNO4S/c15-12-7-10(16)1-2-13(12)21(17,18)11-3-5-20-14(8-11)4-6-19-9-14/h1-2,7,11H,3-6,8-9,16H2. The van der Waals surface area contributed by atoms with Crippen LogP contribution in [0.1, 0.15) is 19.3 Å². The molecule has 21 heavy (non-hydrogen) atoms. The molecule has 2 heterocycles. The third kappa shape index (κ3) is 2.77. The zero-order valence-corrected chi connectivity index (χ0v) is 13.1. The highest BCUT2D eigenvalue weighted by atomic mass is 35.5. The molecule has 5 nitrogen and oxygen atoms in total. The zero-order chi connectivity index (χ0) is 15.1. The lowest BCUT2D eigenvalue weighted by Crippen LogP contribution is -2.45. The molecule has 2 saturated heterocycles. The van der Waals surface area contributed by atoms with Crippen LogP contribution >= 0.6 is 11.6 Å². The number of ether oxygens (including phenoxy) is 2. The van der Waals surface area contributed by atoms with Crippen molar-refractivity contribution in [2.75, 3.05) is 25.6 Å². The first kappa shape index (κ1) is 15.1. The number of hydrogen-bond donors (Lipinski definition) is 1. The van der Waals surface area contributed by atoms with Crippen LogP contribution in [0.5, 0.6) is 0 Å². The van der Waals surface area contributed by atoms with E-state index in [2.05, 4.69) is 0 Å². The van der Waals surface area contributed by atoms with Crippen molar-refractivity contribution in [1.82, 2.24) is 0 Å². The van der Waals surface area contributed by atoms with Gasteiger partial charge in [0.2, 0.25) is 0 Å². The first-order chi connectivity index (χ1) is 9.93. The van der Waals surface area contributed by atoms with Gasteiger partial charge in [-0.15, -0.1) is 0 Å². The van der Waals surface area contributed by atoms with E-state index in [1.54, 1.807) is 6.07 Å². The van der Waals surface area contributed by atoms with Gasteiger partial charge in [-0.3, -0.25) is 0 Å². The Bertz CT molecular complexity index is 640. The van der Waals surface area contributed by atoms with Crippen molar-refractivity contribution in [3.8, 4) is 0 Å². The largest absolute Gasteiger partial charge is 0.399 e. The van der Waals surface area contributed by atoms with Gasteiger partial charge in [0, 0.05) is 25.3 Å². The van der Waals surface area contributed by atoms with Gasteiger partial charge in [-0.25, -0.2) is 8.42 Å². The normalized spacial score (nSPS) is 29.9. The maximum absolute atomic E-state index is 12.8. The summed E-state index contributed by atoms with van der Waals surface area (Å²) >= 11 is 6.07. The number of halogens is 1. The summed E-state index contributed by atoms with van der Waals surface area (Å²) in [6.07, 6.45) is 1.68. The number of sulfone groups is 1. The molecule has 1 aromatic carbocycles. The molecule has 0 aromatic heterocycles. The monoisotopic (exact) mass is 331 g/mol. The van der Waals surface area contributed by atoms with Gasteiger partial charge >= 0.3 is 0 Å². The minimum absolute atomic E-state index is 0.152. The topological polar surface area (TPSA) is 78.6 Å². The van der Waals surface area contributed by atoms with Gasteiger partial charge in [0.05, 0.1) is 27.4 Å². The quantitative estimate of drug-likeness (QED) is 0.839. The van der Waals surface area contributed by atoms with Crippen LogP contribution in [0.15, 0.2) is 23.1 Å². The van der Waals surface area contributed by atoms with Crippen LogP contribution in [-0.4, -0.2) is 39.1 Å². The summed E-state index contributed by atoms with van der Waals surface area (Å²) in [5, 5.41) is -0.313. The summed E-state index contributed by atoms with van der Waals surface area (Å²) in [4.78, 5) is 0.152. The van der Waals surface area contributed by atoms with Crippen molar-refractivity contribution in [3.63, 3.8) is 0 Å². The molecule has 2 fully saturated rings. The van der Waals surface area contributed by atoms with Crippen LogP contribution in [0.3, 0.4) is 0 Å². The Morgan fingerprint density at radius 2 is 2.14 bits per heavy atom. The van der Waals surface area contributed by atoms with Gasteiger partial charge in [0.15, 0.2) is 9.84 Å². The molecule has 2 aliphatic heterocycles. The molecule has 2 atom stereocenters. The minimum atomic E-state index is -3.50. The second kappa shape index (κ2) is 5.43. The van der Waals surface area contributed by atoms with E-state index in [4.69, 9.17) is 26.8 Å². The number of rotatable bonds is 2. The highest BCUT2D eigenvalue weighted by Crippen LogP contribution is 2.38. The summed E-state index contributed by atoms with van der Waals surface area (Å²) < 4.78 is 36.9. The van der Waals surface area contributed by atoms with Crippen molar-refractivity contribution < 1.29 is 17.9 Å². The predicted molar refractivity (Wildman–Crippen MR) is 80.2 cm³/mol. The SMILES string of the molecule is Nc1ccc(S(=O)(=O)C2CCOC3(CCOC3)C2)c(Cl)c1. The van der Waals surface area contributed by atoms with Gasteiger partial charge in [-0.05, 0) is 31.0 Å². The van der Waals surface area contributed by atoms with Crippen LogP contribution in [0.2, 0.25) is 5.02 Å². The van der Waals surface area contributed by atoms with Crippen molar-refractivity contribution in [2.24, 2.45) is 0 Å². The third-order valence-corrected chi connectivity index (χ3v) is 6.89. The van der Waals surface area contributed by atoms with E-state index in [9.17, 15) is 8.42 Å². The molecule has 3 rings (SSSR count). The number of nitrogens with two attached hydrogens (primary N) is 1. The molecule has 116 valence electrons. The second-order valence-electron chi connectivity index (χ2n) is 5.68. The average molecular weight is 332 g/mol. The van der Waals surface area contributed by atoms with Crippen molar-refractivity contribution in [1.29, 1.82) is 0 Å². The average Bonchev–Trinajstić information content (AvgIpc) is 2.86. The van der Waals surface area contributed by atoms with Crippen LogP contribution in [0.4, 0.5) is 5.69 Å². The van der Waals surface area contributed by atoms with E-state index >= 15 is 0 Å². The zero-order valence-electron chi connectivity index (χ0n) is 11.5. The fourth-order valence-electron chi connectivity index (χ4n) is 3.04. The van der Waals surface area contributed by atoms with Gasteiger partial charge in [0.1, 0.15) is 0 Å². The number of anilines is 1. The Kier molecular flexibility index (Phi) is 3.90. The summed E-state index contributed by atoms with van der Waals surface area (Å²) in [7, 11) is -3.50. The maximum Gasteiger partial charge on any atom is 0.182 e. The summed E-state index contributed by atoms with van der Waals surface area (Å²) in [5.74, 6) is 0. The van der Waals surface area contributed by atoms with Crippen LogP contribution in [-0.2, 0) is 19.3 Å². The Hall–Kier alpha value is -0.820. The summed E-state index contributed by atoms with van der Waals surface area (Å²) in [6.45, 7) is 1.52. The molecule has 0 bridgehead atoms. The lowest BCUT2D eigenvalue weighted by molar-refractivity contribution is -0.0778. The molecule has 1 aromatic rings. The van der Waals surface area contributed by atoms with Crippen molar-refractivity contribution in [3.05, 3.63) is 23.2 Å². The first-order valence-electron chi connectivity index (χ1n) is 6.94. The Morgan fingerprint density at radius 1 is 1.33 bits per heavy atom. The van der Waals surface area contributed by atoms with Crippen molar-refractivity contribution >= 4 is 27.1 Å². The lowest BCUT2D eigenvalue weighted by atomic mass is 9.93. The number of hydrogen-bond acceptors (Lipinski definition) is 5. The van der Waals surface area contributed by atoms with Gasteiger partial charge < -0.3 is 15.2 Å². The number of benzene rings is 1. The molecular formula is C14H18ClNO4S. The third-order valence-electron chi connectivity index (χ3n) is 4.22. The van der Waals surface area contributed by atoms with Crippen LogP contribution in [0, 0.1) is 0 Å². The molecule has 7 heteroatoms. The summed E-state index contributed by atoms with van der Waals surface area (Å²) in [5.41, 5.74) is 5.63. The fourth-order valence-corrected chi connectivity index (χ4v) is 5.43. The Balaban J connectivity index is 1.90. The molecule has 2 aliphatic rings. The van der Waals surface area contributed by atoms with Crippen molar-refractivity contribution in [2.45, 2.75) is 35.0 Å². The van der Waals surface area contributed by atoms with E-state index in [0.717, 1.165) is 6.42 Å². The van der Waals surface area contributed by atoms with Gasteiger partial charge in [0.25, 0.3) is 0 Å². The van der Waals surface area contributed by atoms with E-state index in [1.807, 2.05) is 0 Å². The van der Waals surface area contributed by atoms with Gasteiger partial charge in [-0.1, -0.05) is 11.6 Å². The van der Waals surface area contributed by atoms with Gasteiger partial charge in [-0.2, -0.15) is 0 Å². The molecule has 1 spiro atoms. The molecule has 0 amide bonds. The second-order valence-corrected chi connectivity index (χ2v) is 8.29. The smallest absolute Gasteiger partial charge is 0.182 e. The predicted octanol–water partition coefficient (Wildman–Crippen LogP) is 2.03. The Morgan fingerprint density at radius 3 is 2.81 bits per heavy atom. The molecule has 2 N–H and O–H groups in total. The van der Waals surface area contributed by atoms with E-state index in [0.29, 0.717) is 38.3 Å². The van der Waals surface area contributed by atoms with E-state index in [-0.39, 0.29) is 9.92 Å². The Labute approximate surface area is 129 Å². The lowest BCUT2D eigenvalue weighted by Gasteiger charge is -2.36. The molecule has 0 radical (unpaired) electrons. The fraction of sp³-hybridized carbons (Fsp3) is 0.571. The molecule has 0 saturated carbocycles. The molecule has 2 unspecified atom stereocenters. The summed E-state index contributed by atoms with van der Waals surface area (Å²) in [6, 6.07) is 4.52. The number of nitrogen functional groups attached to an aromatic ring is 1. The molecular weight excluding hydrogens is 314 g/mol. The first-order valence-corrected chi connectivity index (χ1v) is 8.86.